The highest BCUT2D eigenvalue weighted by atomic mass is 32.2. The molecule has 2 bridgehead atoms. The van der Waals surface area contributed by atoms with E-state index >= 15 is 0 Å². The molecule has 1 unspecified atom stereocenters. The van der Waals surface area contributed by atoms with E-state index in [1.807, 2.05) is 29.4 Å². The molecule has 3 aliphatic heterocycles. The second-order valence-corrected chi connectivity index (χ2v) is 9.68. The number of aliphatic hydroxyl groups is 1. The fraction of sp³-hybridized carbons (Fsp3) is 0.600. The summed E-state index contributed by atoms with van der Waals surface area (Å²) in [4.78, 5) is 17.0. The highest BCUT2D eigenvalue weighted by Crippen LogP contribution is 2.55. The number of aliphatic hydroxyl groups excluding tert-OH is 1. The maximum absolute atomic E-state index is 12.0. The lowest BCUT2D eigenvalue weighted by Crippen LogP contribution is -2.67. The zero-order valence-electron chi connectivity index (χ0n) is 16.9. The van der Waals surface area contributed by atoms with Gasteiger partial charge < -0.3 is 20.4 Å². The van der Waals surface area contributed by atoms with Crippen LogP contribution in [0.2, 0.25) is 0 Å². The van der Waals surface area contributed by atoms with Crippen LogP contribution in [0.1, 0.15) is 23.6 Å². The maximum Gasteiger partial charge on any atom is 0.308 e. The Bertz CT molecular complexity index is 936. The van der Waals surface area contributed by atoms with Crippen LogP contribution in [0.3, 0.4) is 0 Å². The number of piperazine rings is 1. The molecule has 3 heterocycles. The van der Waals surface area contributed by atoms with E-state index in [0.29, 0.717) is 33.8 Å². The number of carboxylic acids is 1. The molecule has 2 saturated heterocycles. The van der Waals surface area contributed by atoms with Crippen LogP contribution >= 0.6 is 23.5 Å². The van der Waals surface area contributed by atoms with E-state index < -0.39 is 24.0 Å². The van der Waals surface area contributed by atoms with E-state index in [1.54, 1.807) is 0 Å². The van der Waals surface area contributed by atoms with Gasteiger partial charge in [-0.05, 0) is 32.4 Å². The van der Waals surface area contributed by atoms with Crippen molar-refractivity contribution in [1.82, 2.24) is 9.80 Å². The number of hydrogen-bond acceptors (Lipinski definition) is 9. The fourth-order valence-corrected chi connectivity index (χ4v) is 7.51. The summed E-state index contributed by atoms with van der Waals surface area (Å²) in [5.74, 6) is -1.43. The number of carboxylic acid groups (broad SMARTS) is 1. The summed E-state index contributed by atoms with van der Waals surface area (Å²) in [6, 6.07) is 0.0269. The predicted molar refractivity (Wildman–Crippen MR) is 113 cm³/mol. The molecule has 10 heteroatoms. The second kappa shape index (κ2) is 7.80. The van der Waals surface area contributed by atoms with Gasteiger partial charge in [-0.2, -0.15) is 5.26 Å². The number of nitrogens with zero attached hydrogens (tertiary/aromatic N) is 3. The first kappa shape index (κ1) is 21.6. The first-order chi connectivity index (χ1) is 14.3. The van der Waals surface area contributed by atoms with E-state index in [0.717, 1.165) is 0 Å². The Kier molecular flexibility index (Phi) is 5.61. The van der Waals surface area contributed by atoms with Crippen LogP contribution in [0.25, 0.3) is 0 Å². The van der Waals surface area contributed by atoms with Crippen LogP contribution in [0, 0.1) is 17.2 Å². The number of rotatable bonds is 4. The van der Waals surface area contributed by atoms with Crippen molar-refractivity contribution in [2.75, 3.05) is 26.2 Å². The third-order valence-electron chi connectivity index (χ3n) is 7.00. The Balaban J connectivity index is 1.95. The smallest absolute Gasteiger partial charge is 0.308 e. The molecule has 1 aromatic rings. The number of fused-ring (bicyclic) bond motifs is 5. The topological polar surface area (TPSA) is 128 Å². The summed E-state index contributed by atoms with van der Waals surface area (Å²) in [7, 11) is 1.85. The number of thioether (sulfide) groups is 2. The molecule has 3 aliphatic rings. The van der Waals surface area contributed by atoms with Crippen molar-refractivity contribution >= 4 is 29.5 Å². The van der Waals surface area contributed by atoms with Crippen LogP contribution in [-0.2, 0) is 11.2 Å². The molecule has 4 N–H and O–H groups in total. The molecular formula is C20H25N3O5S2. The van der Waals surface area contributed by atoms with E-state index in [1.165, 1.54) is 23.5 Å². The van der Waals surface area contributed by atoms with Gasteiger partial charge in [0.25, 0.3) is 0 Å². The normalized spacial score (nSPS) is 33.0. The predicted octanol–water partition coefficient (Wildman–Crippen LogP) is 1.48. The van der Waals surface area contributed by atoms with Gasteiger partial charge in [0, 0.05) is 29.3 Å². The molecule has 2 fully saturated rings. The van der Waals surface area contributed by atoms with Gasteiger partial charge in [0.2, 0.25) is 0 Å². The second-order valence-electron chi connectivity index (χ2n) is 8.05. The maximum atomic E-state index is 12.0. The quantitative estimate of drug-likeness (QED) is 0.395. The zero-order chi connectivity index (χ0) is 21.9. The Morgan fingerprint density at radius 1 is 1.20 bits per heavy atom. The fourth-order valence-electron chi connectivity index (χ4n) is 5.83. The Labute approximate surface area is 183 Å². The lowest BCUT2D eigenvalue weighted by atomic mass is 9.80. The van der Waals surface area contributed by atoms with Gasteiger partial charge in [-0.3, -0.25) is 14.6 Å². The molecule has 8 nitrogen and oxygen atoms in total. The first-order valence-electron chi connectivity index (χ1n) is 9.73. The number of nitriles is 1. The molecule has 0 aromatic heterocycles. The van der Waals surface area contributed by atoms with Crippen molar-refractivity contribution in [2.24, 2.45) is 5.92 Å². The van der Waals surface area contributed by atoms with Crippen LogP contribution in [0.5, 0.6) is 11.5 Å². The minimum Gasteiger partial charge on any atom is -0.506 e. The Morgan fingerprint density at radius 2 is 1.83 bits per heavy atom. The summed E-state index contributed by atoms with van der Waals surface area (Å²) >= 11 is 2.65. The van der Waals surface area contributed by atoms with Crippen LogP contribution < -0.4 is 0 Å². The van der Waals surface area contributed by atoms with E-state index in [-0.39, 0.29) is 36.2 Å². The number of carbonyl (C=O) groups is 1. The molecule has 0 saturated carbocycles. The largest absolute Gasteiger partial charge is 0.506 e. The van der Waals surface area contributed by atoms with Crippen molar-refractivity contribution in [3.63, 3.8) is 0 Å². The molecule has 1 aromatic carbocycles. The van der Waals surface area contributed by atoms with Gasteiger partial charge in [0.1, 0.15) is 17.5 Å². The van der Waals surface area contributed by atoms with Crippen molar-refractivity contribution < 1.29 is 25.2 Å². The number of hydrogen-bond donors (Lipinski definition) is 4. The molecule has 4 rings (SSSR count). The molecular weight excluding hydrogens is 426 g/mol. The van der Waals surface area contributed by atoms with E-state index in [2.05, 4.69) is 6.07 Å². The molecule has 6 atom stereocenters. The molecule has 162 valence electrons. The molecule has 0 amide bonds. The molecule has 0 radical (unpaired) electrons. The molecule has 0 spiro atoms. The van der Waals surface area contributed by atoms with Gasteiger partial charge in [0.15, 0.2) is 0 Å². The van der Waals surface area contributed by atoms with E-state index in [4.69, 9.17) is 0 Å². The zero-order valence-corrected chi connectivity index (χ0v) is 18.6. The van der Waals surface area contributed by atoms with Gasteiger partial charge in [-0.1, -0.05) is 0 Å². The number of aromatic hydroxyl groups is 2. The number of aliphatic carboxylic acids is 1. The van der Waals surface area contributed by atoms with Crippen LogP contribution in [-0.4, -0.2) is 86.5 Å². The van der Waals surface area contributed by atoms with Crippen LogP contribution in [0.4, 0.5) is 0 Å². The summed E-state index contributed by atoms with van der Waals surface area (Å²) in [6.45, 7) is -0.345. The van der Waals surface area contributed by atoms with Crippen molar-refractivity contribution in [3.05, 3.63) is 11.1 Å². The monoisotopic (exact) mass is 451 g/mol. The summed E-state index contributed by atoms with van der Waals surface area (Å²) in [5.41, 5.74) is 0.985. The first-order valence-corrected chi connectivity index (χ1v) is 12.2. The van der Waals surface area contributed by atoms with Gasteiger partial charge >= 0.3 is 5.97 Å². The highest BCUT2D eigenvalue weighted by molar-refractivity contribution is 8.01. The summed E-state index contributed by atoms with van der Waals surface area (Å²) in [5, 5.41) is 52.3. The van der Waals surface area contributed by atoms with Gasteiger partial charge in [-0.15, -0.1) is 23.5 Å². The number of phenols is 2. The average Bonchev–Trinajstić information content (AvgIpc) is 2.98. The SMILES string of the molecule is CSc1c(O)c2c(c(O)c1SC)[C@H](CO)N1C(C#N)[C@@H]3C[C@@H](C(=O)O)[C@H]([C@@H]1C2)N3C. The van der Waals surface area contributed by atoms with Gasteiger partial charge in [-0.25, -0.2) is 0 Å². The third kappa shape index (κ3) is 2.76. The molecule has 0 aliphatic carbocycles. The molecule has 30 heavy (non-hydrogen) atoms. The summed E-state index contributed by atoms with van der Waals surface area (Å²) in [6.07, 6.45) is 4.30. The highest BCUT2D eigenvalue weighted by Gasteiger charge is 2.60. The minimum absolute atomic E-state index is 0.0231. The van der Waals surface area contributed by atoms with Gasteiger partial charge in [0.05, 0.1) is 34.4 Å². The average molecular weight is 452 g/mol. The van der Waals surface area contributed by atoms with E-state index in [9.17, 15) is 30.5 Å². The lowest BCUT2D eigenvalue weighted by molar-refractivity contribution is -0.144. The Hall–Kier alpha value is -1.64. The van der Waals surface area contributed by atoms with Crippen molar-refractivity contribution in [1.29, 1.82) is 5.26 Å². The lowest BCUT2D eigenvalue weighted by Gasteiger charge is -2.54. The minimum atomic E-state index is -0.895. The number of phenolic OH excluding ortho intramolecular Hbond substituents is 2. The Morgan fingerprint density at radius 3 is 2.37 bits per heavy atom. The van der Waals surface area contributed by atoms with Crippen molar-refractivity contribution in [2.45, 2.75) is 52.8 Å². The van der Waals surface area contributed by atoms with Crippen molar-refractivity contribution in [3.8, 4) is 17.6 Å². The third-order valence-corrected chi connectivity index (χ3v) is 8.74. The summed E-state index contributed by atoms with van der Waals surface area (Å²) < 4.78 is 0. The number of benzene rings is 1. The number of likely N-dealkylation sites (N-methyl/N-ethyl adjacent to an activating group) is 1. The standard InChI is InChI=1S/C20H25N3O5S2/c1-22-10-5-9(20(27)28)15(22)11-4-8-14(13(7-24)23(11)12(10)6-21)17(26)19(30-3)18(29-2)16(8)25/h9-13,15,24-26H,4-5,7H2,1-3H3,(H,27,28)/t9-,10+,11+,12?,13+,15-/m1/s1. The van der Waals surface area contributed by atoms with Crippen LogP contribution in [0.15, 0.2) is 9.79 Å².